The fraction of sp³-hybridized carbons (Fsp3) is 0. The summed E-state index contributed by atoms with van der Waals surface area (Å²) in [6.45, 7) is 0. The predicted molar refractivity (Wildman–Crippen MR) is 143 cm³/mol. The third-order valence-electron chi connectivity index (χ3n) is 5.66. The first kappa shape index (κ1) is 26.8. The van der Waals surface area contributed by atoms with Gasteiger partial charge in [0.1, 0.15) is 27.7 Å². The Balaban J connectivity index is 1.59. The monoisotopic (exact) mass is 579 g/mol. The standard InChI is InChI=1S/C25H17N5O8S2/c31-20-13-16(39(33,34)35)11-15-12-21(40(36,37)38)24(25(32)23(15)20)30-28-19-8-4-3-7-18(19)27-29-22-10-9-14-5-1-2-6-17(14)26-22/h1-13,31-32H,(H,33,34,35)(H,36,37,38). The minimum Gasteiger partial charge on any atom is -0.507 e. The Labute approximate surface area is 226 Å². The Bertz CT molecular complexity index is 2100. The third-order valence-corrected chi connectivity index (χ3v) is 7.36. The van der Waals surface area contributed by atoms with E-state index in [1.165, 1.54) is 6.07 Å². The molecule has 0 amide bonds. The van der Waals surface area contributed by atoms with Gasteiger partial charge in [0.2, 0.25) is 0 Å². The van der Waals surface area contributed by atoms with Gasteiger partial charge in [0.05, 0.1) is 15.8 Å². The van der Waals surface area contributed by atoms with Crippen LogP contribution in [-0.2, 0) is 20.2 Å². The number of pyridine rings is 1. The van der Waals surface area contributed by atoms with Gasteiger partial charge in [0.25, 0.3) is 20.2 Å². The van der Waals surface area contributed by atoms with Gasteiger partial charge in [-0.1, -0.05) is 30.3 Å². The normalized spacial score (nSPS) is 12.7. The van der Waals surface area contributed by atoms with Gasteiger partial charge in [-0.15, -0.1) is 20.5 Å². The van der Waals surface area contributed by atoms with Gasteiger partial charge >= 0.3 is 0 Å². The van der Waals surface area contributed by atoms with Crippen LogP contribution in [0.5, 0.6) is 11.5 Å². The Morgan fingerprint density at radius 2 is 1.30 bits per heavy atom. The summed E-state index contributed by atoms with van der Waals surface area (Å²) in [7, 11) is -9.84. The number of para-hydroxylation sites is 1. The molecule has 5 aromatic rings. The lowest BCUT2D eigenvalue weighted by molar-refractivity contribution is 0.457. The van der Waals surface area contributed by atoms with Crippen molar-refractivity contribution in [3.05, 3.63) is 78.9 Å². The number of nitrogens with zero attached hydrogens (tertiary/aromatic N) is 5. The lowest BCUT2D eigenvalue weighted by Gasteiger charge is -2.11. The van der Waals surface area contributed by atoms with E-state index >= 15 is 0 Å². The summed E-state index contributed by atoms with van der Waals surface area (Å²) in [5, 5.41) is 37.4. The molecular weight excluding hydrogens is 562 g/mol. The van der Waals surface area contributed by atoms with Crippen molar-refractivity contribution < 1.29 is 36.2 Å². The number of aromatic hydroxyl groups is 2. The van der Waals surface area contributed by atoms with E-state index in [0.717, 1.165) is 17.5 Å². The van der Waals surface area contributed by atoms with E-state index in [-0.39, 0.29) is 16.8 Å². The average Bonchev–Trinajstić information content (AvgIpc) is 2.90. The van der Waals surface area contributed by atoms with E-state index in [9.17, 15) is 36.2 Å². The van der Waals surface area contributed by atoms with E-state index in [1.807, 2.05) is 30.3 Å². The number of hydrogen-bond donors (Lipinski definition) is 4. The van der Waals surface area contributed by atoms with Crippen molar-refractivity contribution >= 4 is 64.8 Å². The molecule has 1 aromatic heterocycles. The summed E-state index contributed by atoms with van der Waals surface area (Å²) in [6, 6.07) is 19.4. The van der Waals surface area contributed by atoms with Crippen molar-refractivity contribution in [2.45, 2.75) is 9.79 Å². The van der Waals surface area contributed by atoms with Crippen molar-refractivity contribution in [1.29, 1.82) is 0 Å². The minimum atomic E-state index is -5.04. The molecule has 0 aliphatic carbocycles. The lowest BCUT2D eigenvalue weighted by atomic mass is 10.1. The molecule has 0 bridgehead atoms. The molecule has 0 saturated heterocycles. The molecule has 0 atom stereocenters. The number of fused-ring (bicyclic) bond motifs is 2. The van der Waals surface area contributed by atoms with Gasteiger partial charge in [-0.25, -0.2) is 4.98 Å². The summed E-state index contributed by atoms with van der Waals surface area (Å²) >= 11 is 0. The number of rotatable bonds is 6. The van der Waals surface area contributed by atoms with E-state index in [0.29, 0.717) is 17.4 Å². The van der Waals surface area contributed by atoms with E-state index in [2.05, 4.69) is 25.4 Å². The van der Waals surface area contributed by atoms with Crippen LogP contribution in [0.25, 0.3) is 21.7 Å². The Morgan fingerprint density at radius 1 is 0.650 bits per heavy atom. The molecule has 15 heteroatoms. The molecule has 0 fully saturated rings. The van der Waals surface area contributed by atoms with Crippen LogP contribution in [0.4, 0.5) is 22.9 Å². The molecule has 0 unspecified atom stereocenters. The van der Waals surface area contributed by atoms with Gasteiger partial charge in [-0.05, 0) is 47.9 Å². The Hall–Kier alpha value is -4.83. The van der Waals surface area contributed by atoms with Crippen molar-refractivity contribution in [3.8, 4) is 11.5 Å². The number of phenolic OH excluding ortho intramolecular Hbond substituents is 2. The molecule has 202 valence electrons. The first-order valence-corrected chi connectivity index (χ1v) is 14.1. The zero-order chi connectivity index (χ0) is 28.7. The summed E-state index contributed by atoms with van der Waals surface area (Å²) in [4.78, 5) is 2.70. The molecule has 0 aliphatic rings. The molecule has 0 spiro atoms. The summed E-state index contributed by atoms with van der Waals surface area (Å²) < 4.78 is 66.4. The van der Waals surface area contributed by atoms with Gasteiger partial charge < -0.3 is 10.2 Å². The Morgan fingerprint density at radius 3 is 1.98 bits per heavy atom. The second-order valence-electron chi connectivity index (χ2n) is 8.31. The molecule has 4 N–H and O–H groups in total. The second kappa shape index (κ2) is 10.0. The van der Waals surface area contributed by atoms with Gasteiger partial charge in [-0.3, -0.25) is 9.11 Å². The zero-order valence-corrected chi connectivity index (χ0v) is 21.6. The highest BCUT2D eigenvalue weighted by atomic mass is 32.2. The molecule has 13 nitrogen and oxygen atoms in total. The largest absolute Gasteiger partial charge is 0.507 e. The molecule has 1 heterocycles. The van der Waals surface area contributed by atoms with Gasteiger partial charge in [-0.2, -0.15) is 16.8 Å². The topological polar surface area (TPSA) is 212 Å². The van der Waals surface area contributed by atoms with Crippen molar-refractivity contribution in [2.24, 2.45) is 20.5 Å². The predicted octanol–water partition coefficient (Wildman–Crippen LogP) is 6.12. The number of aromatic nitrogens is 1. The van der Waals surface area contributed by atoms with Crippen LogP contribution in [-0.4, -0.2) is 41.1 Å². The van der Waals surface area contributed by atoms with Crippen LogP contribution in [0.1, 0.15) is 0 Å². The van der Waals surface area contributed by atoms with Crippen LogP contribution in [0, 0.1) is 0 Å². The minimum absolute atomic E-state index is 0.0961. The second-order valence-corrected chi connectivity index (χ2v) is 11.1. The van der Waals surface area contributed by atoms with Crippen LogP contribution in [0.3, 0.4) is 0 Å². The molecule has 40 heavy (non-hydrogen) atoms. The molecule has 0 radical (unpaired) electrons. The summed E-state index contributed by atoms with van der Waals surface area (Å²) in [5.41, 5.74) is 0.269. The lowest BCUT2D eigenvalue weighted by Crippen LogP contribution is -2.01. The molecule has 5 rings (SSSR count). The SMILES string of the molecule is O=S(=O)(O)c1cc(O)c2c(O)c(N=Nc3ccccc3N=Nc3ccc4ccccc4n3)c(S(=O)(=O)O)cc2c1. The van der Waals surface area contributed by atoms with E-state index < -0.39 is 52.6 Å². The maximum atomic E-state index is 12.1. The maximum Gasteiger partial charge on any atom is 0.296 e. The fourth-order valence-electron chi connectivity index (χ4n) is 3.83. The van der Waals surface area contributed by atoms with Crippen molar-refractivity contribution in [2.75, 3.05) is 0 Å². The fourth-order valence-corrected chi connectivity index (χ4v) is 5.03. The third kappa shape index (κ3) is 5.34. The number of benzene rings is 4. The highest BCUT2D eigenvalue weighted by Gasteiger charge is 2.25. The smallest absolute Gasteiger partial charge is 0.296 e. The van der Waals surface area contributed by atoms with Crippen molar-refractivity contribution in [3.63, 3.8) is 0 Å². The molecule has 0 aliphatic heterocycles. The van der Waals surface area contributed by atoms with Crippen LogP contribution in [0.2, 0.25) is 0 Å². The molecule has 0 saturated carbocycles. The molecular formula is C25H17N5O8S2. The quantitative estimate of drug-likeness (QED) is 0.134. The van der Waals surface area contributed by atoms with Crippen molar-refractivity contribution in [1.82, 2.24) is 4.98 Å². The zero-order valence-electron chi connectivity index (χ0n) is 20.0. The highest BCUT2D eigenvalue weighted by molar-refractivity contribution is 7.86. The summed E-state index contributed by atoms with van der Waals surface area (Å²) in [6.07, 6.45) is 0. The average molecular weight is 580 g/mol. The van der Waals surface area contributed by atoms with Gasteiger partial charge in [0, 0.05) is 11.5 Å². The van der Waals surface area contributed by atoms with E-state index in [4.69, 9.17) is 0 Å². The number of azo groups is 2. The first-order chi connectivity index (χ1) is 18.9. The van der Waals surface area contributed by atoms with Crippen LogP contribution < -0.4 is 0 Å². The maximum absolute atomic E-state index is 12.1. The van der Waals surface area contributed by atoms with Gasteiger partial charge in [0.15, 0.2) is 11.6 Å². The number of phenols is 2. The molecule has 4 aromatic carbocycles. The summed E-state index contributed by atoms with van der Waals surface area (Å²) in [5.74, 6) is -1.42. The highest BCUT2D eigenvalue weighted by Crippen LogP contribution is 2.46. The van der Waals surface area contributed by atoms with Crippen LogP contribution >= 0.6 is 0 Å². The van der Waals surface area contributed by atoms with Crippen LogP contribution in [0.15, 0.2) is 109 Å². The van der Waals surface area contributed by atoms with E-state index in [1.54, 1.807) is 24.3 Å². The first-order valence-electron chi connectivity index (χ1n) is 11.2. The Kier molecular flexibility index (Phi) is 6.72. The number of hydrogen-bond acceptors (Lipinski definition) is 11.